The van der Waals surface area contributed by atoms with Crippen LogP contribution in [0.3, 0.4) is 0 Å². The van der Waals surface area contributed by atoms with Crippen LogP contribution in [0, 0.1) is 0 Å². The third kappa shape index (κ3) is 4.01. The molecule has 0 unspecified atom stereocenters. The second-order valence-corrected chi connectivity index (χ2v) is 8.26. The van der Waals surface area contributed by atoms with E-state index in [1.807, 2.05) is 12.1 Å². The summed E-state index contributed by atoms with van der Waals surface area (Å²) in [7, 11) is 3.09. The number of carboxylic acid groups (broad SMARTS) is 1. The van der Waals surface area contributed by atoms with Crippen molar-refractivity contribution in [2.75, 3.05) is 14.2 Å². The Labute approximate surface area is 199 Å². The number of para-hydroxylation sites is 1. The van der Waals surface area contributed by atoms with Crippen LogP contribution in [-0.4, -0.2) is 34.8 Å². The van der Waals surface area contributed by atoms with Crippen molar-refractivity contribution in [3.63, 3.8) is 0 Å². The average molecular weight is 498 g/mol. The maximum atomic E-state index is 11.3. The normalized spacial score (nSPS) is 17.3. The van der Waals surface area contributed by atoms with Crippen molar-refractivity contribution in [3.8, 4) is 17.2 Å². The number of carbonyl (C=O) groups is 1. The number of aliphatic carboxylic acids is 1. The highest BCUT2D eigenvalue weighted by Crippen LogP contribution is 2.47. The van der Waals surface area contributed by atoms with Crippen LogP contribution < -0.4 is 9.47 Å². The molecular formula is C22H19Cl3N2O5. The van der Waals surface area contributed by atoms with Gasteiger partial charge in [-0.2, -0.15) is 0 Å². The summed E-state index contributed by atoms with van der Waals surface area (Å²) >= 11 is 19.1. The minimum atomic E-state index is -0.954. The van der Waals surface area contributed by atoms with Crippen LogP contribution in [0.15, 0.2) is 36.4 Å². The van der Waals surface area contributed by atoms with Gasteiger partial charge in [-0.1, -0.05) is 46.9 Å². The van der Waals surface area contributed by atoms with Gasteiger partial charge in [-0.15, -0.1) is 0 Å². The van der Waals surface area contributed by atoms with Crippen LogP contribution >= 0.6 is 34.8 Å². The Morgan fingerprint density at radius 3 is 2.62 bits per heavy atom. The minimum absolute atomic E-state index is 0.101. The van der Waals surface area contributed by atoms with Crippen molar-refractivity contribution in [3.05, 3.63) is 68.7 Å². The van der Waals surface area contributed by atoms with Gasteiger partial charge < -0.3 is 19.3 Å². The first kappa shape index (κ1) is 22.7. The van der Waals surface area contributed by atoms with E-state index in [2.05, 4.69) is 4.98 Å². The van der Waals surface area contributed by atoms with Gasteiger partial charge in [0, 0.05) is 22.6 Å². The fourth-order valence-electron chi connectivity index (χ4n) is 3.88. The largest absolute Gasteiger partial charge is 0.493 e. The van der Waals surface area contributed by atoms with Crippen molar-refractivity contribution in [1.29, 1.82) is 0 Å². The van der Waals surface area contributed by atoms with Gasteiger partial charge >= 0.3 is 5.97 Å². The van der Waals surface area contributed by atoms with Crippen LogP contribution in [0.5, 0.6) is 11.5 Å². The molecule has 1 aromatic heterocycles. The Bertz CT molecular complexity index is 1180. The van der Waals surface area contributed by atoms with Gasteiger partial charge in [-0.3, -0.25) is 9.36 Å². The van der Waals surface area contributed by atoms with Gasteiger partial charge in [-0.25, -0.2) is 4.98 Å². The molecule has 1 aliphatic heterocycles. The van der Waals surface area contributed by atoms with Gasteiger partial charge in [0.15, 0.2) is 21.8 Å². The number of halogens is 3. The highest BCUT2D eigenvalue weighted by atomic mass is 35.5. The lowest BCUT2D eigenvalue weighted by Crippen LogP contribution is -2.14. The highest BCUT2D eigenvalue weighted by molar-refractivity contribution is 6.40. The fraction of sp³-hybridized carbons (Fsp3) is 0.273. The Morgan fingerprint density at radius 1 is 1.16 bits per heavy atom. The molecule has 3 aromatic rings. The van der Waals surface area contributed by atoms with Crippen molar-refractivity contribution >= 4 is 40.8 Å². The summed E-state index contributed by atoms with van der Waals surface area (Å²) in [5, 5.41) is 10.1. The lowest BCUT2D eigenvalue weighted by molar-refractivity contribution is -0.138. The molecule has 0 fully saturated rings. The molecule has 2 heterocycles. The first-order valence-corrected chi connectivity index (χ1v) is 10.8. The van der Waals surface area contributed by atoms with Gasteiger partial charge in [0.2, 0.25) is 0 Å². The highest BCUT2D eigenvalue weighted by Gasteiger charge is 2.36. The summed E-state index contributed by atoms with van der Waals surface area (Å²) in [5.74, 6) is 0.479. The minimum Gasteiger partial charge on any atom is -0.493 e. The monoisotopic (exact) mass is 496 g/mol. The van der Waals surface area contributed by atoms with Crippen molar-refractivity contribution in [1.82, 2.24) is 9.55 Å². The number of rotatable bonds is 6. The molecule has 2 atom stereocenters. The number of methoxy groups -OCH3 is 2. The van der Waals surface area contributed by atoms with Crippen LogP contribution in [0.2, 0.25) is 15.3 Å². The zero-order valence-corrected chi connectivity index (χ0v) is 19.4. The molecule has 10 heteroatoms. The molecule has 168 valence electrons. The first-order valence-electron chi connectivity index (χ1n) is 9.67. The topological polar surface area (TPSA) is 82.8 Å². The third-order valence-corrected chi connectivity index (χ3v) is 6.19. The number of fused-ring (bicyclic) bond motifs is 3. The summed E-state index contributed by atoms with van der Waals surface area (Å²) in [5.41, 5.74) is 2.05. The second-order valence-electron chi connectivity index (χ2n) is 7.11. The molecule has 0 aliphatic carbocycles. The van der Waals surface area contributed by atoms with E-state index in [0.717, 1.165) is 0 Å². The average Bonchev–Trinajstić information content (AvgIpc) is 2.99. The predicted molar refractivity (Wildman–Crippen MR) is 121 cm³/mol. The van der Waals surface area contributed by atoms with Crippen molar-refractivity contribution in [2.45, 2.75) is 25.0 Å². The summed E-state index contributed by atoms with van der Waals surface area (Å²) in [6, 6.07) is 10.8. The molecule has 4 rings (SSSR count). The summed E-state index contributed by atoms with van der Waals surface area (Å²) < 4.78 is 19.3. The first-order chi connectivity index (χ1) is 15.3. The van der Waals surface area contributed by atoms with Crippen molar-refractivity contribution < 1.29 is 24.1 Å². The van der Waals surface area contributed by atoms with E-state index in [0.29, 0.717) is 39.2 Å². The van der Waals surface area contributed by atoms with Crippen LogP contribution in [-0.2, 0) is 9.53 Å². The van der Waals surface area contributed by atoms with E-state index in [9.17, 15) is 9.90 Å². The van der Waals surface area contributed by atoms with Crippen LogP contribution in [0.1, 0.15) is 42.0 Å². The Morgan fingerprint density at radius 2 is 1.94 bits per heavy atom. The van der Waals surface area contributed by atoms with Gasteiger partial charge in [0.1, 0.15) is 18.0 Å². The maximum absolute atomic E-state index is 11.3. The number of aromatic nitrogens is 2. The summed E-state index contributed by atoms with van der Waals surface area (Å²) in [4.78, 5) is 15.7. The van der Waals surface area contributed by atoms with E-state index in [-0.39, 0.29) is 23.1 Å². The molecule has 0 amide bonds. The number of hydrogen-bond donors (Lipinski definition) is 1. The zero-order valence-electron chi connectivity index (χ0n) is 17.1. The molecule has 1 aliphatic rings. The molecule has 32 heavy (non-hydrogen) atoms. The quantitative estimate of drug-likeness (QED) is 0.458. The van der Waals surface area contributed by atoms with Gasteiger partial charge in [-0.05, 0) is 30.7 Å². The molecule has 1 N–H and O–H groups in total. The fourth-order valence-corrected chi connectivity index (χ4v) is 4.45. The number of benzene rings is 2. The molecule has 0 radical (unpaired) electrons. The van der Waals surface area contributed by atoms with E-state index in [4.69, 9.17) is 49.0 Å². The van der Waals surface area contributed by atoms with E-state index >= 15 is 0 Å². The third-order valence-electron chi connectivity index (χ3n) is 5.25. The van der Waals surface area contributed by atoms with Crippen LogP contribution in [0.25, 0.3) is 5.69 Å². The maximum Gasteiger partial charge on any atom is 0.303 e. The van der Waals surface area contributed by atoms with E-state index in [1.165, 1.54) is 0 Å². The molecule has 2 aromatic carbocycles. The van der Waals surface area contributed by atoms with Gasteiger partial charge in [0.25, 0.3) is 0 Å². The lowest BCUT2D eigenvalue weighted by Gasteiger charge is -2.25. The standard InChI is InChI=1S/C22H19Cl3N2O5/c1-30-15-5-3-4-12(19(15)31-2)18-13-10-11(23)6-7-14(13)27-21(25)20(24)26-22(27)16(32-18)8-9-17(28)29/h3-7,10,16,18H,8-9H2,1-2H3,(H,28,29)/t16-,18-/m1/s1. The Hall–Kier alpha value is -2.45. The predicted octanol–water partition coefficient (Wildman–Crippen LogP) is 5.88. The Balaban J connectivity index is 1.97. The van der Waals surface area contributed by atoms with Gasteiger partial charge in [0.05, 0.1) is 19.9 Å². The molecule has 0 saturated carbocycles. The smallest absolute Gasteiger partial charge is 0.303 e. The Kier molecular flexibility index (Phi) is 6.53. The second kappa shape index (κ2) is 9.19. The summed E-state index contributed by atoms with van der Waals surface area (Å²) in [6.45, 7) is 0. The van der Waals surface area contributed by atoms with E-state index < -0.39 is 18.2 Å². The summed E-state index contributed by atoms with van der Waals surface area (Å²) in [6.07, 6.45) is -1.37. The lowest BCUT2D eigenvalue weighted by atomic mass is 9.98. The number of carboxylic acids is 1. The molecule has 0 bridgehead atoms. The molecule has 0 saturated heterocycles. The number of nitrogens with zero attached hydrogens (tertiary/aromatic N) is 2. The SMILES string of the molecule is COc1cccc([C@H]2O[C@H](CCC(=O)O)c3nc(Cl)c(Cl)n3-c3ccc(Cl)cc32)c1OC. The molecule has 0 spiro atoms. The molecular weight excluding hydrogens is 479 g/mol. The number of imidazole rings is 1. The van der Waals surface area contributed by atoms with E-state index in [1.54, 1.807) is 43.1 Å². The molecule has 7 nitrogen and oxygen atoms in total. The number of hydrogen-bond acceptors (Lipinski definition) is 5. The van der Waals surface area contributed by atoms with Crippen LogP contribution in [0.4, 0.5) is 0 Å². The van der Waals surface area contributed by atoms with Crippen molar-refractivity contribution in [2.24, 2.45) is 0 Å². The number of ether oxygens (including phenoxy) is 3. The zero-order chi connectivity index (χ0) is 23.0.